The lowest BCUT2D eigenvalue weighted by Gasteiger charge is -2.36. The minimum atomic E-state index is -4.17. The average molecular weight is 891 g/mol. The zero-order valence-corrected chi connectivity index (χ0v) is 40.4. The molecule has 0 saturated heterocycles. The average Bonchev–Trinajstić information content (AvgIpc) is 3.36. The molecule has 0 heterocycles. The van der Waals surface area contributed by atoms with Crippen LogP contribution in [0.4, 0.5) is 0 Å². The third kappa shape index (κ3) is 17.3. The lowest BCUT2D eigenvalue weighted by atomic mass is 9.88. The minimum absolute atomic E-state index is 0.139. The predicted octanol–water partition coefficient (Wildman–Crippen LogP) is 16.1. The highest BCUT2D eigenvalue weighted by Gasteiger charge is 2.41. The number of rotatable bonds is 30. The molecule has 6 aromatic carbocycles. The zero-order valence-electron chi connectivity index (χ0n) is 39.5. The van der Waals surface area contributed by atoms with E-state index in [0.29, 0.717) is 19.3 Å². The molecule has 3 atom stereocenters. The second-order valence-electron chi connectivity index (χ2n) is 18.0. The molecule has 0 aliphatic heterocycles. The largest absolute Gasteiger partial charge is 0.475 e. The molecule has 344 valence electrons. The number of phosphoric acid groups is 1. The lowest BCUT2D eigenvalue weighted by Crippen LogP contribution is -2.31. The fourth-order valence-corrected chi connectivity index (χ4v) is 11.7. The summed E-state index contributed by atoms with van der Waals surface area (Å²) in [5, 5.41) is 0. The molecule has 0 spiro atoms. The Labute approximate surface area is 392 Å². The summed E-state index contributed by atoms with van der Waals surface area (Å²) >= 11 is 0. The Balaban J connectivity index is 1.33. The number of hydrogen-bond acceptors (Lipinski definition) is 4. The van der Waals surface area contributed by atoms with Gasteiger partial charge in [-0.1, -0.05) is 203 Å². The molecular formula is C60H75O4P. The quantitative estimate of drug-likeness (QED) is 0.0423. The predicted molar refractivity (Wildman–Crippen MR) is 272 cm³/mol. The fourth-order valence-electron chi connectivity index (χ4n) is 9.58. The maximum Gasteiger partial charge on any atom is 0.475 e. The van der Waals surface area contributed by atoms with Crippen molar-refractivity contribution in [2.45, 2.75) is 135 Å². The molecule has 0 fully saturated rings. The van der Waals surface area contributed by atoms with Crippen LogP contribution in [0, 0.1) is 17.8 Å². The molecule has 0 bridgehead atoms. The second kappa shape index (κ2) is 27.8. The van der Waals surface area contributed by atoms with E-state index in [1.807, 2.05) is 0 Å². The van der Waals surface area contributed by atoms with Gasteiger partial charge >= 0.3 is 7.82 Å². The van der Waals surface area contributed by atoms with Crippen molar-refractivity contribution >= 4 is 7.82 Å². The second-order valence-corrected chi connectivity index (χ2v) is 19.6. The number of benzene rings is 6. The van der Waals surface area contributed by atoms with Gasteiger partial charge in [-0.3, -0.25) is 13.6 Å². The maximum absolute atomic E-state index is 16.2. The number of hydrogen-bond donors (Lipinski definition) is 0. The van der Waals surface area contributed by atoms with Gasteiger partial charge in [-0.2, -0.15) is 0 Å². The topological polar surface area (TPSA) is 44.8 Å². The highest BCUT2D eigenvalue weighted by Crippen LogP contribution is 2.57. The van der Waals surface area contributed by atoms with Crippen LogP contribution in [0.25, 0.3) is 0 Å². The Hall–Kier alpha value is -4.57. The summed E-state index contributed by atoms with van der Waals surface area (Å²) in [5.74, 6) is 0.417. The Bertz CT molecular complexity index is 1790. The molecule has 0 amide bonds. The van der Waals surface area contributed by atoms with Gasteiger partial charge in [0.1, 0.15) is 0 Å². The summed E-state index contributed by atoms with van der Waals surface area (Å²) in [7, 11) is -4.17. The first-order chi connectivity index (χ1) is 31.9. The molecule has 0 saturated carbocycles. The van der Waals surface area contributed by atoms with E-state index >= 15 is 4.57 Å². The van der Waals surface area contributed by atoms with E-state index in [1.54, 1.807) is 0 Å². The van der Waals surface area contributed by atoms with E-state index in [4.69, 9.17) is 13.6 Å². The van der Waals surface area contributed by atoms with Crippen molar-refractivity contribution in [3.8, 4) is 0 Å². The highest BCUT2D eigenvalue weighted by molar-refractivity contribution is 7.48. The van der Waals surface area contributed by atoms with Gasteiger partial charge in [0.2, 0.25) is 0 Å². The monoisotopic (exact) mass is 891 g/mol. The zero-order chi connectivity index (χ0) is 45.4. The van der Waals surface area contributed by atoms with Gasteiger partial charge in [0, 0.05) is 0 Å². The molecule has 0 N–H and O–H groups in total. The first kappa shape index (κ1) is 49.9. The van der Waals surface area contributed by atoms with Crippen molar-refractivity contribution in [2.75, 3.05) is 0 Å². The molecule has 3 unspecified atom stereocenters. The SMILES string of the molecule is CCC(OP(=O)(OC(CC)C(CCc1ccccc1)CCc1ccccc1)OC(CC)C(CCc1ccccc1)CCc1ccccc1)C(CCc1ccccc1)CCc1ccccc1. The smallest absolute Gasteiger partial charge is 0.283 e. The third-order valence-electron chi connectivity index (χ3n) is 13.5. The van der Waals surface area contributed by atoms with Crippen molar-refractivity contribution in [1.29, 1.82) is 0 Å². The summed E-state index contributed by atoms with van der Waals surface area (Å²) in [5.41, 5.74) is 7.83. The van der Waals surface area contributed by atoms with Gasteiger partial charge < -0.3 is 0 Å². The van der Waals surface area contributed by atoms with E-state index in [2.05, 4.69) is 203 Å². The van der Waals surface area contributed by atoms with Crippen LogP contribution in [0.5, 0.6) is 0 Å². The summed E-state index contributed by atoms with van der Waals surface area (Å²) in [4.78, 5) is 0. The third-order valence-corrected chi connectivity index (χ3v) is 15.0. The van der Waals surface area contributed by atoms with Crippen LogP contribution in [0.15, 0.2) is 182 Å². The minimum Gasteiger partial charge on any atom is -0.283 e. The Morgan fingerprint density at radius 2 is 0.477 bits per heavy atom. The molecule has 65 heavy (non-hydrogen) atoms. The molecular weight excluding hydrogens is 816 g/mol. The molecule has 0 aliphatic rings. The van der Waals surface area contributed by atoms with E-state index < -0.39 is 7.82 Å². The summed E-state index contributed by atoms with van der Waals surface area (Å²) in [6.45, 7) is 6.52. The summed E-state index contributed by atoms with van der Waals surface area (Å²) < 4.78 is 37.7. The van der Waals surface area contributed by atoms with Gasteiger partial charge in [0.05, 0.1) is 18.3 Å². The fraction of sp³-hybridized carbons (Fsp3) is 0.400. The molecule has 0 radical (unpaired) electrons. The first-order valence-electron chi connectivity index (χ1n) is 24.8. The molecule has 5 heteroatoms. The van der Waals surface area contributed by atoms with Crippen molar-refractivity contribution in [1.82, 2.24) is 0 Å². The molecule has 6 rings (SSSR count). The molecule has 4 nitrogen and oxygen atoms in total. The van der Waals surface area contributed by atoms with Crippen LogP contribution in [0.1, 0.15) is 112 Å². The van der Waals surface area contributed by atoms with Gasteiger partial charge in [0.15, 0.2) is 0 Å². The van der Waals surface area contributed by atoms with E-state index in [0.717, 1.165) is 77.0 Å². The normalized spacial score (nSPS) is 14.1. The van der Waals surface area contributed by atoms with Crippen molar-refractivity contribution < 1.29 is 18.1 Å². The van der Waals surface area contributed by atoms with E-state index in [1.165, 1.54) is 33.4 Å². The molecule has 0 aliphatic carbocycles. The Morgan fingerprint density at radius 3 is 0.631 bits per heavy atom. The molecule has 0 aromatic heterocycles. The standard InChI is InChI=1S/C60H75O4P/c1-4-58(55(43-37-49-25-13-7-14-26-49)44-38-50-27-15-8-16-28-50)62-65(61,63-59(5-2)56(45-39-51-29-17-9-18-30-51)46-40-52-31-19-10-20-32-52)64-60(6-3)57(47-41-53-33-21-11-22-34-53)48-42-54-35-23-12-24-36-54/h7-36,55-60H,4-6,37-48H2,1-3H3. The summed E-state index contributed by atoms with van der Waals surface area (Å²) in [6.07, 6.45) is 12.2. The van der Waals surface area contributed by atoms with Crippen LogP contribution in [0.3, 0.4) is 0 Å². The van der Waals surface area contributed by atoms with Gasteiger partial charge in [-0.05, 0) is 147 Å². The van der Waals surface area contributed by atoms with Crippen LogP contribution in [-0.4, -0.2) is 18.3 Å². The van der Waals surface area contributed by atoms with Crippen LogP contribution >= 0.6 is 7.82 Å². The Kier molecular flexibility index (Phi) is 21.3. The van der Waals surface area contributed by atoms with Crippen LogP contribution < -0.4 is 0 Å². The highest BCUT2D eigenvalue weighted by atomic mass is 31.2. The van der Waals surface area contributed by atoms with Crippen LogP contribution in [0.2, 0.25) is 0 Å². The first-order valence-corrected chi connectivity index (χ1v) is 26.3. The van der Waals surface area contributed by atoms with Crippen molar-refractivity contribution in [3.05, 3.63) is 215 Å². The Morgan fingerprint density at radius 1 is 0.308 bits per heavy atom. The number of aryl methyl sites for hydroxylation is 6. The van der Waals surface area contributed by atoms with Crippen molar-refractivity contribution in [3.63, 3.8) is 0 Å². The lowest BCUT2D eigenvalue weighted by molar-refractivity contribution is -0.0175. The van der Waals surface area contributed by atoms with E-state index in [9.17, 15) is 0 Å². The van der Waals surface area contributed by atoms with Crippen LogP contribution in [-0.2, 0) is 56.7 Å². The molecule has 6 aromatic rings. The van der Waals surface area contributed by atoms with Gasteiger partial charge in [-0.25, -0.2) is 4.57 Å². The maximum atomic E-state index is 16.2. The van der Waals surface area contributed by atoms with Gasteiger partial charge in [0.25, 0.3) is 0 Å². The van der Waals surface area contributed by atoms with E-state index in [-0.39, 0.29) is 36.1 Å². The number of phosphoric ester groups is 1. The summed E-state index contributed by atoms with van der Waals surface area (Å²) in [6, 6.07) is 64.4. The van der Waals surface area contributed by atoms with Gasteiger partial charge in [-0.15, -0.1) is 0 Å². The van der Waals surface area contributed by atoms with Crippen molar-refractivity contribution in [2.24, 2.45) is 17.8 Å².